The van der Waals surface area contributed by atoms with Crippen LogP contribution in [0.2, 0.25) is 0 Å². The normalized spacial score (nSPS) is 18.4. The Balaban J connectivity index is 2.22. The molecule has 2 rings (SSSR count). The first-order valence-electron chi connectivity index (χ1n) is 7.28. The lowest BCUT2D eigenvalue weighted by Gasteiger charge is -2.34. The summed E-state index contributed by atoms with van der Waals surface area (Å²) in [5.41, 5.74) is 1.01. The molecule has 5 heteroatoms. The van der Waals surface area contributed by atoms with Gasteiger partial charge >= 0.3 is 0 Å². The van der Waals surface area contributed by atoms with Crippen molar-refractivity contribution in [2.75, 3.05) is 27.2 Å². The molecule has 5 nitrogen and oxygen atoms in total. The second-order valence-electron chi connectivity index (χ2n) is 5.61. The summed E-state index contributed by atoms with van der Waals surface area (Å²) in [5, 5.41) is 9.42. The van der Waals surface area contributed by atoms with Crippen molar-refractivity contribution in [2.24, 2.45) is 0 Å². The highest BCUT2D eigenvalue weighted by Crippen LogP contribution is 2.20. The van der Waals surface area contributed by atoms with Gasteiger partial charge in [-0.15, -0.1) is 0 Å². The van der Waals surface area contributed by atoms with Gasteiger partial charge in [-0.05, 0) is 37.5 Å². The third kappa shape index (κ3) is 3.42. The van der Waals surface area contributed by atoms with Gasteiger partial charge in [-0.2, -0.15) is 0 Å². The Morgan fingerprint density at radius 2 is 2.00 bits per heavy atom. The molecule has 1 fully saturated rings. The van der Waals surface area contributed by atoms with Crippen LogP contribution in [0.15, 0.2) is 24.3 Å². The van der Waals surface area contributed by atoms with Gasteiger partial charge in [0.15, 0.2) is 0 Å². The molecule has 0 aliphatic carbocycles. The lowest BCUT2D eigenvalue weighted by Crippen LogP contribution is -2.45. The number of rotatable bonds is 3. The van der Waals surface area contributed by atoms with Gasteiger partial charge in [-0.25, -0.2) is 0 Å². The summed E-state index contributed by atoms with van der Waals surface area (Å²) >= 11 is 0. The summed E-state index contributed by atoms with van der Waals surface area (Å²) in [5.74, 6) is -0.232. The number of hydrogen-bond acceptors (Lipinski definition) is 3. The summed E-state index contributed by atoms with van der Waals surface area (Å²) in [6, 6.07) is 6.67. The van der Waals surface area contributed by atoms with Crippen LogP contribution >= 0.6 is 0 Å². The Morgan fingerprint density at radius 1 is 1.29 bits per heavy atom. The van der Waals surface area contributed by atoms with Crippen LogP contribution in [0.25, 0.3) is 0 Å². The second kappa shape index (κ2) is 6.72. The minimum atomic E-state index is -0.123. The maximum atomic E-state index is 12.6. The number of piperidine rings is 1. The molecule has 1 aliphatic rings. The van der Waals surface area contributed by atoms with Crippen LogP contribution in [0.4, 0.5) is 0 Å². The number of amides is 2. The molecule has 1 heterocycles. The third-order valence-corrected chi connectivity index (χ3v) is 3.86. The molecular weight excluding hydrogens is 268 g/mol. The van der Waals surface area contributed by atoms with Crippen molar-refractivity contribution in [1.82, 2.24) is 9.80 Å². The number of aliphatic hydroxyl groups excluding tert-OH is 1. The Hall–Kier alpha value is -1.88. The predicted molar refractivity (Wildman–Crippen MR) is 80.2 cm³/mol. The van der Waals surface area contributed by atoms with E-state index in [-0.39, 0.29) is 24.5 Å². The van der Waals surface area contributed by atoms with Crippen LogP contribution in [0, 0.1) is 0 Å². The molecule has 1 atom stereocenters. The SMILES string of the molecule is CN(C)C(=O)c1cccc(C(=O)N2CCCCC2CO)c1. The van der Waals surface area contributed by atoms with Crippen molar-refractivity contribution in [3.63, 3.8) is 0 Å². The van der Waals surface area contributed by atoms with Gasteiger partial charge in [-0.3, -0.25) is 9.59 Å². The van der Waals surface area contributed by atoms with E-state index < -0.39 is 0 Å². The molecule has 1 saturated heterocycles. The summed E-state index contributed by atoms with van der Waals surface area (Å²) < 4.78 is 0. The first kappa shape index (κ1) is 15.5. The molecule has 1 aromatic carbocycles. The number of carbonyl (C=O) groups is 2. The van der Waals surface area contributed by atoms with E-state index in [0.717, 1.165) is 19.3 Å². The number of carbonyl (C=O) groups excluding carboxylic acids is 2. The molecule has 21 heavy (non-hydrogen) atoms. The quantitative estimate of drug-likeness (QED) is 0.914. The van der Waals surface area contributed by atoms with E-state index in [1.807, 2.05) is 0 Å². The molecular formula is C16H22N2O3. The fourth-order valence-electron chi connectivity index (χ4n) is 2.67. The van der Waals surface area contributed by atoms with E-state index in [4.69, 9.17) is 0 Å². The van der Waals surface area contributed by atoms with Gasteiger partial charge in [0.25, 0.3) is 11.8 Å². The first-order valence-corrected chi connectivity index (χ1v) is 7.28. The van der Waals surface area contributed by atoms with Crippen LogP contribution < -0.4 is 0 Å². The molecule has 0 saturated carbocycles. The van der Waals surface area contributed by atoms with Crippen molar-refractivity contribution in [1.29, 1.82) is 0 Å². The van der Waals surface area contributed by atoms with Gasteiger partial charge in [0.2, 0.25) is 0 Å². The maximum absolute atomic E-state index is 12.6. The lowest BCUT2D eigenvalue weighted by atomic mass is 10.0. The Labute approximate surface area is 125 Å². The molecule has 2 amide bonds. The van der Waals surface area contributed by atoms with E-state index >= 15 is 0 Å². The van der Waals surface area contributed by atoms with Gasteiger partial charge < -0.3 is 14.9 Å². The van der Waals surface area contributed by atoms with Gasteiger partial charge in [-0.1, -0.05) is 6.07 Å². The van der Waals surface area contributed by atoms with Crippen molar-refractivity contribution in [2.45, 2.75) is 25.3 Å². The predicted octanol–water partition coefficient (Wildman–Crippen LogP) is 1.38. The first-order chi connectivity index (χ1) is 10.0. The molecule has 114 valence electrons. The van der Waals surface area contributed by atoms with E-state index in [0.29, 0.717) is 17.7 Å². The van der Waals surface area contributed by atoms with E-state index in [2.05, 4.69) is 0 Å². The van der Waals surface area contributed by atoms with Crippen molar-refractivity contribution in [3.05, 3.63) is 35.4 Å². The molecule has 1 unspecified atom stereocenters. The minimum absolute atomic E-state index is 0.0118. The number of likely N-dealkylation sites (tertiary alicyclic amines) is 1. The van der Waals surface area contributed by atoms with Crippen LogP contribution in [0.5, 0.6) is 0 Å². The lowest BCUT2D eigenvalue weighted by molar-refractivity contribution is 0.0503. The molecule has 1 N–H and O–H groups in total. The Morgan fingerprint density at radius 3 is 2.67 bits per heavy atom. The molecule has 0 radical (unpaired) electrons. The largest absolute Gasteiger partial charge is 0.394 e. The topological polar surface area (TPSA) is 60.9 Å². The van der Waals surface area contributed by atoms with Gasteiger partial charge in [0, 0.05) is 31.8 Å². The van der Waals surface area contributed by atoms with Gasteiger partial charge in [0.1, 0.15) is 0 Å². The molecule has 0 aromatic heterocycles. The van der Waals surface area contributed by atoms with Crippen molar-refractivity contribution < 1.29 is 14.7 Å². The summed E-state index contributed by atoms with van der Waals surface area (Å²) in [4.78, 5) is 27.8. The zero-order valence-electron chi connectivity index (χ0n) is 12.6. The van der Waals surface area contributed by atoms with Crippen LogP contribution in [0.1, 0.15) is 40.0 Å². The number of aliphatic hydroxyl groups is 1. The van der Waals surface area contributed by atoms with Crippen LogP contribution in [-0.2, 0) is 0 Å². The summed E-state index contributed by atoms with van der Waals surface area (Å²) in [7, 11) is 3.37. The van der Waals surface area contributed by atoms with Crippen LogP contribution in [0.3, 0.4) is 0 Å². The number of benzene rings is 1. The highest BCUT2D eigenvalue weighted by Gasteiger charge is 2.27. The van der Waals surface area contributed by atoms with Crippen LogP contribution in [-0.4, -0.2) is 60.0 Å². The third-order valence-electron chi connectivity index (χ3n) is 3.86. The fraction of sp³-hybridized carbons (Fsp3) is 0.500. The highest BCUT2D eigenvalue weighted by atomic mass is 16.3. The molecule has 0 spiro atoms. The van der Waals surface area contributed by atoms with E-state index in [9.17, 15) is 14.7 Å². The monoisotopic (exact) mass is 290 g/mol. The summed E-state index contributed by atoms with van der Waals surface area (Å²) in [6.07, 6.45) is 2.82. The van der Waals surface area contributed by atoms with E-state index in [1.165, 1.54) is 4.90 Å². The highest BCUT2D eigenvalue weighted by molar-refractivity contribution is 5.99. The number of nitrogens with zero attached hydrogens (tertiary/aromatic N) is 2. The summed E-state index contributed by atoms with van der Waals surface area (Å²) in [6.45, 7) is 0.651. The van der Waals surface area contributed by atoms with Gasteiger partial charge in [0.05, 0.1) is 12.6 Å². The minimum Gasteiger partial charge on any atom is -0.394 e. The average molecular weight is 290 g/mol. The standard InChI is InChI=1S/C16H22N2O3/c1-17(2)15(20)12-6-5-7-13(10-12)16(21)18-9-4-3-8-14(18)11-19/h5-7,10,14,19H,3-4,8-9,11H2,1-2H3. The maximum Gasteiger partial charge on any atom is 0.254 e. The smallest absolute Gasteiger partial charge is 0.254 e. The van der Waals surface area contributed by atoms with Crippen molar-refractivity contribution in [3.8, 4) is 0 Å². The second-order valence-corrected chi connectivity index (χ2v) is 5.61. The number of hydrogen-bond donors (Lipinski definition) is 1. The molecule has 1 aromatic rings. The molecule has 0 bridgehead atoms. The fourth-order valence-corrected chi connectivity index (χ4v) is 2.67. The zero-order valence-corrected chi connectivity index (χ0v) is 12.6. The van der Waals surface area contributed by atoms with Crippen molar-refractivity contribution >= 4 is 11.8 Å². The Bertz CT molecular complexity index is 528. The molecule has 1 aliphatic heterocycles. The zero-order chi connectivity index (χ0) is 15.4. The van der Waals surface area contributed by atoms with E-state index in [1.54, 1.807) is 43.3 Å². The average Bonchev–Trinajstić information content (AvgIpc) is 2.53. The Kier molecular flexibility index (Phi) is 4.96.